The molecular formula is C17H15BrFN5O2. The van der Waals surface area contributed by atoms with Crippen molar-refractivity contribution in [1.29, 1.82) is 0 Å². The largest absolute Gasteiger partial charge is 0.465 e. The van der Waals surface area contributed by atoms with Gasteiger partial charge in [0.15, 0.2) is 11.5 Å². The van der Waals surface area contributed by atoms with Crippen LogP contribution in [0.5, 0.6) is 0 Å². The average Bonchev–Trinajstić information content (AvgIpc) is 2.99. The Hall–Kier alpha value is -2.68. The molecule has 7 nitrogen and oxygen atoms in total. The van der Waals surface area contributed by atoms with Gasteiger partial charge in [-0.3, -0.25) is 4.40 Å². The fourth-order valence-electron chi connectivity index (χ4n) is 3.06. The zero-order chi connectivity index (χ0) is 18.3. The number of carbonyl (C=O) groups is 1. The molecule has 1 aliphatic heterocycles. The lowest BCUT2D eigenvalue weighted by Gasteiger charge is -2.33. The highest BCUT2D eigenvalue weighted by atomic mass is 79.9. The Bertz CT molecular complexity index is 967. The van der Waals surface area contributed by atoms with Gasteiger partial charge in [0.05, 0.1) is 0 Å². The second kappa shape index (κ2) is 6.56. The van der Waals surface area contributed by atoms with Gasteiger partial charge in [-0.05, 0) is 40.2 Å². The summed E-state index contributed by atoms with van der Waals surface area (Å²) in [6.07, 6.45) is 2.58. The molecule has 1 fully saturated rings. The van der Waals surface area contributed by atoms with Crippen LogP contribution in [0.25, 0.3) is 16.9 Å². The number of imidazole rings is 1. The van der Waals surface area contributed by atoms with E-state index in [-0.39, 0.29) is 5.82 Å². The lowest BCUT2D eigenvalue weighted by molar-refractivity contribution is 0.142. The molecule has 3 aromatic rings. The lowest BCUT2D eigenvalue weighted by atomic mass is 10.2. The average molecular weight is 420 g/mol. The highest BCUT2D eigenvalue weighted by Gasteiger charge is 2.24. The molecule has 0 radical (unpaired) electrons. The third kappa shape index (κ3) is 2.88. The second-order valence-corrected chi connectivity index (χ2v) is 6.71. The Morgan fingerprint density at radius 3 is 2.50 bits per heavy atom. The summed E-state index contributed by atoms with van der Waals surface area (Å²) in [6.45, 7) is 1.94. The Labute approximate surface area is 156 Å². The van der Waals surface area contributed by atoms with E-state index < -0.39 is 6.09 Å². The van der Waals surface area contributed by atoms with Crippen LogP contribution in [0.15, 0.2) is 41.3 Å². The predicted octanol–water partition coefficient (Wildman–Crippen LogP) is 3.10. The van der Waals surface area contributed by atoms with Crippen molar-refractivity contribution >= 4 is 33.5 Å². The van der Waals surface area contributed by atoms with Gasteiger partial charge in [0, 0.05) is 44.1 Å². The van der Waals surface area contributed by atoms with Crippen LogP contribution in [0.2, 0.25) is 0 Å². The molecule has 134 valence electrons. The first-order valence-electron chi connectivity index (χ1n) is 8.06. The molecule has 2 aromatic heterocycles. The third-order valence-electron chi connectivity index (χ3n) is 4.43. The standard InChI is InChI=1S/C17H15BrFN5O2/c18-14-13(11-1-3-12(19)4-2-11)21-16-15(20-5-6-24(14)16)22-7-9-23(10-8-22)17(25)26/h1-6H,7-10H2,(H,25,26). The zero-order valence-electron chi connectivity index (χ0n) is 13.6. The zero-order valence-corrected chi connectivity index (χ0v) is 15.2. The molecule has 0 saturated carbocycles. The van der Waals surface area contributed by atoms with Crippen molar-refractivity contribution in [2.45, 2.75) is 0 Å². The van der Waals surface area contributed by atoms with Crippen molar-refractivity contribution in [3.8, 4) is 11.3 Å². The van der Waals surface area contributed by atoms with E-state index in [4.69, 9.17) is 10.1 Å². The van der Waals surface area contributed by atoms with Gasteiger partial charge in [-0.25, -0.2) is 19.2 Å². The second-order valence-electron chi connectivity index (χ2n) is 5.96. The van der Waals surface area contributed by atoms with Crippen LogP contribution < -0.4 is 4.90 Å². The number of amides is 1. The fourth-order valence-corrected chi connectivity index (χ4v) is 3.66. The quantitative estimate of drug-likeness (QED) is 0.690. The molecule has 0 atom stereocenters. The number of nitrogens with zero attached hydrogens (tertiary/aromatic N) is 5. The van der Waals surface area contributed by atoms with E-state index in [1.807, 2.05) is 9.30 Å². The molecule has 0 aliphatic carbocycles. The van der Waals surface area contributed by atoms with Crippen LogP contribution in [-0.4, -0.2) is 56.6 Å². The molecule has 1 saturated heterocycles. The minimum Gasteiger partial charge on any atom is -0.465 e. The maximum absolute atomic E-state index is 13.2. The fraction of sp³-hybridized carbons (Fsp3) is 0.235. The third-order valence-corrected chi connectivity index (χ3v) is 5.19. The number of benzene rings is 1. The van der Waals surface area contributed by atoms with Crippen molar-refractivity contribution in [2.24, 2.45) is 0 Å². The molecule has 0 bridgehead atoms. The molecular weight excluding hydrogens is 405 g/mol. The normalized spacial score (nSPS) is 14.8. The lowest BCUT2D eigenvalue weighted by Crippen LogP contribution is -2.48. The molecule has 3 heterocycles. The van der Waals surface area contributed by atoms with Gasteiger partial charge in [-0.1, -0.05) is 0 Å². The van der Waals surface area contributed by atoms with Crippen LogP contribution in [0.4, 0.5) is 15.0 Å². The van der Waals surface area contributed by atoms with E-state index in [9.17, 15) is 9.18 Å². The van der Waals surface area contributed by atoms with Crippen LogP contribution >= 0.6 is 15.9 Å². The van der Waals surface area contributed by atoms with Gasteiger partial charge >= 0.3 is 6.09 Å². The van der Waals surface area contributed by atoms with Crippen molar-refractivity contribution in [2.75, 3.05) is 31.1 Å². The summed E-state index contributed by atoms with van der Waals surface area (Å²) in [5, 5.41) is 9.09. The van der Waals surface area contributed by atoms with E-state index in [0.29, 0.717) is 43.3 Å². The van der Waals surface area contributed by atoms with Crippen molar-refractivity contribution in [1.82, 2.24) is 19.3 Å². The Morgan fingerprint density at radius 1 is 1.15 bits per heavy atom. The van der Waals surface area contributed by atoms with Gasteiger partial charge in [0.2, 0.25) is 0 Å². The van der Waals surface area contributed by atoms with E-state index in [1.165, 1.54) is 17.0 Å². The minimum atomic E-state index is -0.905. The Morgan fingerprint density at radius 2 is 1.85 bits per heavy atom. The molecule has 0 unspecified atom stereocenters. The number of hydrogen-bond donors (Lipinski definition) is 1. The molecule has 1 amide bonds. The van der Waals surface area contributed by atoms with E-state index in [1.54, 1.807) is 24.5 Å². The number of anilines is 1. The van der Waals surface area contributed by atoms with Gasteiger partial charge in [-0.15, -0.1) is 0 Å². The minimum absolute atomic E-state index is 0.299. The molecule has 0 spiro atoms. The van der Waals surface area contributed by atoms with Crippen LogP contribution in [0.1, 0.15) is 0 Å². The first-order valence-corrected chi connectivity index (χ1v) is 8.85. The maximum Gasteiger partial charge on any atom is 0.407 e. The molecule has 4 rings (SSSR count). The van der Waals surface area contributed by atoms with Gasteiger partial charge in [0.1, 0.15) is 16.1 Å². The van der Waals surface area contributed by atoms with Crippen molar-refractivity contribution in [3.63, 3.8) is 0 Å². The maximum atomic E-state index is 13.2. The molecule has 1 N–H and O–H groups in total. The molecule has 1 aromatic carbocycles. The van der Waals surface area contributed by atoms with E-state index >= 15 is 0 Å². The number of rotatable bonds is 2. The monoisotopic (exact) mass is 419 g/mol. The number of hydrogen-bond acceptors (Lipinski definition) is 4. The van der Waals surface area contributed by atoms with Crippen LogP contribution in [0.3, 0.4) is 0 Å². The Balaban J connectivity index is 1.72. The number of carboxylic acid groups (broad SMARTS) is 1. The number of fused-ring (bicyclic) bond motifs is 1. The van der Waals surface area contributed by atoms with Gasteiger partial charge in [0.25, 0.3) is 0 Å². The summed E-state index contributed by atoms with van der Waals surface area (Å²) in [4.78, 5) is 23.7. The number of aromatic nitrogens is 3. The summed E-state index contributed by atoms with van der Waals surface area (Å²) in [5.74, 6) is 0.402. The van der Waals surface area contributed by atoms with Gasteiger partial charge in [-0.2, -0.15) is 0 Å². The topological polar surface area (TPSA) is 74.0 Å². The summed E-state index contributed by atoms with van der Waals surface area (Å²) >= 11 is 3.57. The first kappa shape index (κ1) is 16.8. The summed E-state index contributed by atoms with van der Waals surface area (Å²) < 4.78 is 15.8. The molecule has 26 heavy (non-hydrogen) atoms. The van der Waals surface area contributed by atoms with E-state index in [0.717, 1.165) is 10.2 Å². The first-order chi connectivity index (χ1) is 12.5. The number of piperazine rings is 1. The van der Waals surface area contributed by atoms with Crippen LogP contribution in [0, 0.1) is 5.82 Å². The SMILES string of the molecule is O=C(O)N1CCN(c2nccn3c(Br)c(-c4ccc(F)cc4)nc23)CC1. The smallest absolute Gasteiger partial charge is 0.407 e. The highest BCUT2D eigenvalue weighted by Crippen LogP contribution is 2.32. The van der Waals surface area contributed by atoms with Crippen molar-refractivity contribution in [3.05, 3.63) is 47.1 Å². The summed E-state index contributed by atoms with van der Waals surface area (Å²) in [6, 6.07) is 6.16. The molecule has 1 aliphatic rings. The van der Waals surface area contributed by atoms with Gasteiger partial charge < -0.3 is 14.9 Å². The van der Waals surface area contributed by atoms with E-state index in [2.05, 4.69) is 20.9 Å². The molecule has 9 heteroatoms. The summed E-state index contributed by atoms with van der Waals surface area (Å²) in [7, 11) is 0. The van der Waals surface area contributed by atoms with Crippen molar-refractivity contribution < 1.29 is 14.3 Å². The predicted molar refractivity (Wildman–Crippen MR) is 97.9 cm³/mol. The Kier molecular flexibility index (Phi) is 4.23. The summed E-state index contributed by atoms with van der Waals surface area (Å²) in [5.41, 5.74) is 2.16. The highest BCUT2D eigenvalue weighted by molar-refractivity contribution is 9.10. The van der Waals surface area contributed by atoms with Crippen LogP contribution in [-0.2, 0) is 0 Å². The number of halogens is 2.